The monoisotopic (exact) mass is 261 g/mol. The molecule has 0 amide bonds. The summed E-state index contributed by atoms with van der Waals surface area (Å²) in [5.74, 6) is -0.188. The number of hydrogen-bond acceptors (Lipinski definition) is 2. The lowest BCUT2D eigenvalue weighted by atomic mass is 10.1. The number of hydrogen-bond donors (Lipinski definition) is 1. The Kier molecular flexibility index (Phi) is 4.00. The summed E-state index contributed by atoms with van der Waals surface area (Å²) in [7, 11) is 0. The van der Waals surface area contributed by atoms with Crippen LogP contribution in [0, 0.1) is 5.82 Å². The predicted molar refractivity (Wildman–Crippen MR) is 74.3 cm³/mol. The summed E-state index contributed by atoms with van der Waals surface area (Å²) < 4.78 is 15.3. The van der Waals surface area contributed by atoms with Crippen molar-refractivity contribution in [2.75, 3.05) is 0 Å². The Labute approximate surface area is 113 Å². The first-order chi connectivity index (χ1) is 8.94. The standard InChI is InChI=1S/C15H20FN3/c1-15(2,3)17-10-13-8-9-19(18-13)11-12-6-4-5-7-14(12)16/h4-9,17H,10-11H2,1-3H3. The molecule has 0 aliphatic carbocycles. The Balaban J connectivity index is 2.00. The summed E-state index contributed by atoms with van der Waals surface area (Å²) >= 11 is 0. The highest BCUT2D eigenvalue weighted by Crippen LogP contribution is 2.09. The zero-order valence-electron chi connectivity index (χ0n) is 11.7. The molecule has 0 saturated heterocycles. The summed E-state index contributed by atoms with van der Waals surface area (Å²) in [6.45, 7) is 7.52. The van der Waals surface area contributed by atoms with Crippen LogP contribution in [0.3, 0.4) is 0 Å². The second kappa shape index (κ2) is 5.53. The van der Waals surface area contributed by atoms with E-state index >= 15 is 0 Å². The lowest BCUT2D eigenvalue weighted by Crippen LogP contribution is -2.35. The molecule has 3 nitrogen and oxygen atoms in total. The molecule has 0 aliphatic rings. The van der Waals surface area contributed by atoms with Crippen LogP contribution in [0.25, 0.3) is 0 Å². The van der Waals surface area contributed by atoms with Crippen molar-refractivity contribution in [3.8, 4) is 0 Å². The molecule has 0 bridgehead atoms. The predicted octanol–water partition coefficient (Wildman–Crippen LogP) is 2.96. The van der Waals surface area contributed by atoms with Gasteiger partial charge in [-0.05, 0) is 32.9 Å². The third kappa shape index (κ3) is 4.17. The fourth-order valence-corrected chi connectivity index (χ4v) is 1.74. The largest absolute Gasteiger partial charge is 0.306 e. The SMILES string of the molecule is CC(C)(C)NCc1ccn(Cc2ccccc2F)n1. The minimum Gasteiger partial charge on any atom is -0.306 e. The van der Waals surface area contributed by atoms with Gasteiger partial charge in [-0.2, -0.15) is 5.10 Å². The number of halogens is 1. The van der Waals surface area contributed by atoms with E-state index in [4.69, 9.17) is 0 Å². The average Bonchev–Trinajstić information content (AvgIpc) is 2.77. The molecular formula is C15H20FN3. The Morgan fingerprint density at radius 3 is 2.63 bits per heavy atom. The van der Waals surface area contributed by atoms with Crippen molar-refractivity contribution in [3.63, 3.8) is 0 Å². The van der Waals surface area contributed by atoms with Crippen LogP contribution in [-0.4, -0.2) is 15.3 Å². The van der Waals surface area contributed by atoms with Crippen molar-refractivity contribution in [1.82, 2.24) is 15.1 Å². The fourth-order valence-electron chi connectivity index (χ4n) is 1.74. The number of rotatable bonds is 4. The molecule has 0 aliphatic heterocycles. The van der Waals surface area contributed by atoms with E-state index in [1.807, 2.05) is 18.3 Å². The van der Waals surface area contributed by atoms with Crippen molar-refractivity contribution >= 4 is 0 Å². The second-order valence-corrected chi connectivity index (χ2v) is 5.70. The van der Waals surface area contributed by atoms with Gasteiger partial charge in [0, 0.05) is 23.8 Å². The molecule has 2 rings (SSSR count). The van der Waals surface area contributed by atoms with E-state index in [9.17, 15) is 4.39 Å². The number of nitrogens with zero attached hydrogens (tertiary/aromatic N) is 2. The maximum absolute atomic E-state index is 13.5. The van der Waals surface area contributed by atoms with Crippen molar-refractivity contribution in [2.24, 2.45) is 0 Å². The van der Waals surface area contributed by atoms with Crippen LogP contribution >= 0.6 is 0 Å². The van der Waals surface area contributed by atoms with Crippen LogP contribution < -0.4 is 5.32 Å². The quantitative estimate of drug-likeness (QED) is 0.917. The summed E-state index contributed by atoms with van der Waals surface area (Å²) in [6, 6.07) is 8.75. The lowest BCUT2D eigenvalue weighted by molar-refractivity contribution is 0.419. The van der Waals surface area contributed by atoms with Gasteiger partial charge in [0.25, 0.3) is 0 Å². The van der Waals surface area contributed by atoms with Crippen molar-refractivity contribution in [1.29, 1.82) is 0 Å². The summed E-state index contributed by atoms with van der Waals surface area (Å²) in [5.41, 5.74) is 1.68. The molecule has 0 fully saturated rings. The minimum absolute atomic E-state index is 0.0648. The van der Waals surface area contributed by atoms with Gasteiger partial charge in [-0.1, -0.05) is 18.2 Å². The second-order valence-electron chi connectivity index (χ2n) is 5.70. The van der Waals surface area contributed by atoms with E-state index in [1.165, 1.54) is 6.07 Å². The molecule has 1 heterocycles. The van der Waals surface area contributed by atoms with Gasteiger partial charge in [-0.25, -0.2) is 4.39 Å². The van der Waals surface area contributed by atoms with E-state index in [-0.39, 0.29) is 11.4 Å². The van der Waals surface area contributed by atoms with Crippen LogP contribution in [0.15, 0.2) is 36.5 Å². The van der Waals surface area contributed by atoms with Gasteiger partial charge in [-0.15, -0.1) is 0 Å². The smallest absolute Gasteiger partial charge is 0.128 e. The van der Waals surface area contributed by atoms with E-state index in [0.717, 1.165) is 5.69 Å². The van der Waals surface area contributed by atoms with Crippen LogP contribution in [0.1, 0.15) is 32.0 Å². The first-order valence-corrected chi connectivity index (χ1v) is 6.45. The van der Waals surface area contributed by atoms with Gasteiger partial charge in [0.1, 0.15) is 5.82 Å². The van der Waals surface area contributed by atoms with E-state index in [1.54, 1.807) is 16.8 Å². The van der Waals surface area contributed by atoms with Crippen molar-refractivity contribution in [3.05, 3.63) is 53.6 Å². The van der Waals surface area contributed by atoms with Crippen molar-refractivity contribution in [2.45, 2.75) is 39.4 Å². The highest BCUT2D eigenvalue weighted by atomic mass is 19.1. The molecule has 0 radical (unpaired) electrons. The summed E-state index contributed by atoms with van der Waals surface area (Å²) in [6.07, 6.45) is 1.88. The Hall–Kier alpha value is -1.68. The molecule has 1 aromatic heterocycles. The zero-order valence-corrected chi connectivity index (χ0v) is 11.7. The number of aromatic nitrogens is 2. The molecule has 19 heavy (non-hydrogen) atoms. The third-order valence-electron chi connectivity index (χ3n) is 2.79. The minimum atomic E-state index is -0.188. The molecule has 1 N–H and O–H groups in total. The lowest BCUT2D eigenvalue weighted by Gasteiger charge is -2.19. The highest BCUT2D eigenvalue weighted by Gasteiger charge is 2.10. The molecule has 102 valence electrons. The van der Waals surface area contributed by atoms with Crippen LogP contribution in [-0.2, 0) is 13.1 Å². The average molecular weight is 261 g/mol. The fraction of sp³-hybridized carbons (Fsp3) is 0.400. The maximum atomic E-state index is 13.5. The number of benzene rings is 1. The molecule has 0 atom stereocenters. The maximum Gasteiger partial charge on any atom is 0.128 e. The number of nitrogens with one attached hydrogen (secondary N) is 1. The molecule has 0 saturated carbocycles. The van der Waals surface area contributed by atoms with Crippen molar-refractivity contribution < 1.29 is 4.39 Å². The molecule has 4 heteroatoms. The van der Waals surface area contributed by atoms with Gasteiger partial charge < -0.3 is 5.32 Å². The van der Waals surface area contributed by atoms with E-state index in [0.29, 0.717) is 18.7 Å². The molecule has 0 spiro atoms. The Morgan fingerprint density at radius 1 is 1.21 bits per heavy atom. The third-order valence-corrected chi connectivity index (χ3v) is 2.79. The van der Waals surface area contributed by atoms with E-state index in [2.05, 4.69) is 31.2 Å². The summed E-state index contributed by atoms with van der Waals surface area (Å²) in [5, 5.41) is 7.81. The zero-order chi connectivity index (χ0) is 13.9. The van der Waals surface area contributed by atoms with Crippen LogP contribution in [0.2, 0.25) is 0 Å². The Bertz CT molecular complexity index is 540. The Morgan fingerprint density at radius 2 is 1.95 bits per heavy atom. The normalized spacial score (nSPS) is 11.8. The summed E-state index contributed by atoms with van der Waals surface area (Å²) in [4.78, 5) is 0. The van der Waals surface area contributed by atoms with E-state index < -0.39 is 0 Å². The van der Waals surface area contributed by atoms with Crippen LogP contribution in [0.4, 0.5) is 4.39 Å². The molecule has 2 aromatic rings. The van der Waals surface area contributed by atoms with Gasteiger partial charge in [0.05, 0.1) is 12.2 Å². The molecule has 1 aromatic carbocycles. The first kappa shape index (κ1) is 13.7. The molecule has 0 unspecified atom stereocenters. The van der Waals surface area contributed by atoms with Gasteiger partial charge >= 0.3 is 0 Å². The van der Waals surface area contributed by atoms with Crippen LogP contribution in [0.5, 0.6) is 0 Å². The highest BCUT2D eigenvalue weighted by molar-refractivity contribution is 5.17. The topological polar surface area (TPSA) is 29.9 Å². The van der Waals surface area contributed by atoms with Gasteiger partial charge in [0.15, 0.2) is 0 Å². The first-order valence-electron chi connectivity index (χ1n) is 6.45. The van der Waals surface area contributed by atoms with Gasteiger partial charge in [0.2, 0.25) is 0 Å². The van der Waals surface area contributed by atoms with Gasteiger partial charge in [-0.3, -0.25) is 4.68 Å². The molecular weight excluding hydrogens is 241 g/mol.